The zero-order chi connectivity index (χ0) is 38.3. The Morgan fingerprint density at radius 3 is 2.30 bits per heavy atom. The minimum absolute atomic E-state index is 0.0452. The topological polar surface area (TPSA) is 149 Å². The molecule has 3 aromatic heterocycles. The number of carbonyl (C=O) groups excluding carboxylic acids is 2. The lowest BCUT2D eigenvalue weighted by atomic mass is 9.56. The molecule has 1 unspecified atom stereocenters. The van der Waals surface area contributed by atoms with Crippen molar-refractivity contribution in [3.63, 3.8) is 0 Å². The van der Waals surface area contributed by atoms with Crippen molar-refractivity contribution in [2.45, 2.75) is 82.2 Å². The van der Waals surface area contributed by atoms with Crippen LogP contribution in [0.3, 0.4) is 0 Å². The van der Waals surface area contributed by atoms with Gasteiger partial charge in [-0.3, -0.25) is 9.59 Å². The molecule has 21 heteroatoms. The summed E-state index contributed by atoms with van der Waals surface area (Å²) in [7, 11) is 15.1. The number of alkyl halides is 6. The first kappa shape index (κ1) is 44.3. The number of ether oxygens (including phenoxy) is 2. The molecule has 1 aliphatic rings. The van der Waals surface area contributed by atoms with Gasteiger partial charge in [-0.25, -0.2) is 14.1 Å². The molecule has 0 bridgehead atoms. The Morgan fingerprint density at radius 2 is 1.80 bits per heavy atom. The van der Waals surface area contributed by atoms with Gasteiger partial charge in [0.1, 0.15) is 11.7 Å². The summed E-state index contributed by atoms with van der Waals surface area (Å²) in [5.41, 5.74) is 0.198. The molecule has 0 spiro atoms. The Morgan fingerprint density at radius 1 is 1.16 bits per heavy atom. The normalized spacial score (nSPS) is 14.0. The molecule has 1 fully saturated rings. The second-order valence-electron chi connectivity index (χ2n) is 11.1. The molecule has 0 saturated heterocycles. The minimum Gasteiger partial charge on any atom is -0.383 e. The van der Waals surface area contributed by atoms with Crippen molar-refractivity contribution in [1.29, 1.82) is 0 Å². The summed E-state index contributed by atoms with van der Waals surface area (Å²) in [6.45, 7) is 6.24. The van der Waals surface area contributed by atoms with E-state index in [1.165, 1.54) is 14.2 Å². The van der Waals surface area contributed by atoms with E-state index in [0.29, 0.717) is 35.1 Å². The number of methoxy groups -OCH3 is 1. The predicted octanol–water partition coefficient (Wildman–Crippen LogP) is 3.19. The number of amides is 2. The monoisotopic (exact) mass is 718 g/mol. The van der Waals surface area contributed by atoms with Crippen LogP contribution in [0.25, 0.3) is 5.65 Å². The molecule has 276 valence electrons. The van der Waals surface area contributed by atoms with Crippen LogP contribution in [0.1, 0.15) is 68.3 Å². The van der Waals surface area contributed by atoms with Crippen LogP contribution < -0.4 is 10.6 Å². The molecule has 1 saturated carbocycles. The van der Waals surface area contributed by atoms with E-state index in [0.717, 1.165) is 31.6 Å². The van der Waals surface area contributed by atoms with Gasteiger partial charge >= 0.3 is 12.4 Å². The lowest BCUT2D eigenvalue weighted by Crippen LogP contribution is -2.67. The number of likely N-dealkylation sites (N-methyl/N-ethyl adjacent to an activating group) is 1. The van der Waals surface area contributed by atoms with Gasteiger partial charge in [-0.15, -0.1) is 0 Å². The predicted molar refractivity (Wildman–Crippen MR) is 172 cm³/mol. The third-order valence-electron chi connectivity index (χ3n) is 7.03. The maximum atomic E-state index is 12.6. The SMILES string of the molecule is CC.CC(C)(OCCc1cn2ncccc2n1)C(F)(F)F.CNC(=O)c1nonc1C1CC1.[B]C([B])(C(NC=O)C(F)(F)F)N(C)CCOC. The Kier molecular flexibility index (Phi) is 17.4. The average molecular weight is 718 g/mol. The highest BCUT2D eigenvalue weighted by atomic mass is 19.4. The van der Waals surface area contributed by atoms with Gasteiger partial charge in [0.05, 0.1) is 40.8 Å². The molecular formula is C29H42B2F6N8O5. The molecule has 50 heavy (non-hydrogen) atoms. The molecule has 0 aromatic carbocycles. The van der Waals surface area contributed by atoms with E-state index >= 15 is 0 Å². The summed E-state index contributed by atoms with van der Waals surface area (Å²) >= 11 is 0. The lowest BCUT2D eigenvalue weighted by molar-refractivity contribution is -0.263. The highest BCUT2D eigenvalue weighted by Crippen LogP contribution is 2.40. The third-order valence-corrected chi connectivity index (χ3v) is 7.03. The van der Waals surface area contributed by atoms with Crippen molar-refractivity contribution in [3.05, 3.63) is 41.6 Å². The van der Waals surface area contributed by atoms with E-state index in [2.05, 4.69) is 30.3 Å². The molecule has 4 rings (SSSR count). The fourth-order valence-corrected chi connectivity index (χ4v) is 3.79. The number of imidazole rings is 1. The number of hydrogen-bond donors (Lipinski definition) is 2. The number of halogens is 6. The maximum absolute atomic E-state index is 12.6. The standard InChI is InChI=1S/C12H14F3N3O.C8H13B2F3N2O2.C7H9N3O2.C2H6/c1-11(2,12(13,14)15)19-7-5-9-8-18-10(17-9)4-3-6-16-18;1-15(3-4-17-2)7(9,10)6(14-5-16)8(11,12)13;1-8-7(11)6-5(4-2-3-4)9-12-10-6;1-2/h3-4,6,8H,5,7H2,1-2H3;5-6H,3-4H2,1-2H3,(H,14,16);4H,2-3H2,1H3,(H,8,11);1-2H3. The van der Waals surface area contributed by atoms with Crippen LogP contribution in [0, 0.1) is 0 Å². The Bertz CT molecular complexity index is 1420. The highest BCUT2D eigenvalue weighted by molar-refractivity contribution is 6.40. The molecule has 4 radical (unpaired) electrons. The highest BCUT2D eigenvalue weighted by Gasteiger charge is 2.50. The average Bonchev–Trinajstić information content (AvgIpc) is 3.62. The Hall–Kier alpha value is -3.71. The smallest absolute Gasteiger partial charge is 0.383 e. The number of nitrogens with zero attached hydrogens (tertiary/aromatic N) is 6. The summed E-state index contributed by atoms with van der Waals surface area (Å²) in [6, 6.07) is 1.15. The summed E-state index contributed by atoms with van der Waals surface area (Å²) in [4.78, 5) is 26.6. The molecular weight excluding hydrogens is 676 g/mol. The number of nitrogens with one attached hydrogen (secondary N) is 2. The summed E-state index contributed by atoms with van der Waals surface area (Å²) < 4.78 is 91.3. The summed E-state index contributed by atoms with van der Waals surface area (Å²) in [6.07, 6.45) is -3.45. The number of hydrogen-bond acceptors (Lipinski definition) is 10. The summed E-state index contributed by atoms with van der Waals surface area (Å²) in [5, 5.41) is 13.1. The molecule has 1 atom stereocenters. The third kappa shape index (κ3) is 13.2. The van der Waals surface area contributed by atoms with Crippen molar-refractivity contribution in [2.24, 2.45) is 0 Å². The van der Waals surface area contributed by atoms with Crippen LogP contribution >= 0.6 is 0 Å². The van der Waals surface area contributed by atoms with Crippen molar-refractivity contribution in [1.82, 2.24) is 40.4 Å². The van der Waals surface area contributed by atoms with E-state index in [-0.39, 0.29) is 32.1 Å². The Balaban J connectivity index is 0.000000373. The quantitative estimate of drug-likeness (QED) is 0.153. The molecule has 3 heterocycles. The van der Waals surface area contributed by atoms with Crippen molar-refractivity contribution < 1.29 is 50.0 Å². The first-order valence-corrected chi connectivity index (χ1v) is 15.4. The number of aromatic nitrogens is 5. The van der Waals surface area contributed by atoms with Crippen LogP contribution in [0.15, 0.2) is 29.2 Å². The fraction of sp³-hybridized carbons (Fsp3) is 0.655. The lowest BCUT2D eigenvalue weighted by Gasteiger charge is -2.43. The molecule has 1 aliphatic carbocycles. The van der Waals surface area contributed by atoms with Crippen LogP contribution in [-0.4, -0.2) is 128 Å². The Labute approximate surface area is 289 Å². The molecule has 2 N–H and O–H groups in total. The van der Waals surface area contributed by atoms with Gasteiger partial charge in [0, 0.05) is 39.2 Å². The minimum atomic E-state index is -4.74. The van der Waals surface area contributed by atoms with Gasteiger partial charge in [-0.1, -0.05) is 19.0 Å². The van der Waals surface area contributed by atoms with Crippen LogP contribution in [0.4, 0.5) is 26.3 Å². The second kappa shape index (κ2) is 19.6. The largest absolute Gasteiger partial charge is 0.416 e. The first-order chi connectivity index (χ1) is 23.3. The second-order valence-corrected chi connectivity index (χ2v) is 11.1. The van der Waals surface area contributed by atoms with Gasteiger partial charge in [-0.2, -0.15) is 31.4 Å². The molecule has 3 aromatic rings. The van der Waals surface area contributed by atoms with Crippen LogP contribution in [0.5, 0.6) is 0 Å². The summed E-state index contributed by atoms with van der Waals surface area (Å²) in [5.74, 6) is 0.168. The zero-order valence-corrected chi connectivity index (χ0v) is 28.9. The maximum Gasteiger partial charge on any atom is 0.416 e. The van der Waals surface area contributed by atoms with Gasteiger partial charge in [0.25, 0.3) is 5.91 Å². The van der Waals surface area contributed by atoms with Gasteiger partial charge < -0.3 is 25.0 Å². The van der Waals surface area contributed by atoms with Gasteiger partial charge in [0.15, 0.2) is 16.9 Å². The first-order valence-electron chi connectivity index (χ1n) is 15.4. The van der Waals surface area contributed by atoms with E-state index in [1.54, 1.807) is 41.4 Å². The van der Waals surface area contributed by atoms with Crippen molar-refractivity contribution >= 4 is 33.7 Å². The fourth-order valence-electron chi connectivity index (χ4n) is 3.79. The van der Waals surface area contributed by atoms with Gasteiger partial charge in [-0.05, 0) is 56.4 Å². The molecule has 2 amide bonds. The van der Waals surface area contributed by atoms with Gasteiger partial charge in [0.2, 0.25) is 6.41 Å². The molecule has 0 aliphatic heterocycles. The number of rotatable bonds is 13. The number of carbonyl (C=O) groups is 2. The molecule has 13 nitrogen and oxygen atoms in total. The van der Waals surface area contributed by atoms with Crippen LogP contribution in [0.2, 0.25) is 0 Å². The van der Waals surface area contributed by atoms with E-state index in [4.69, 9.17) is 25.2 Å². The van der Waals surface area contributed by atoms with Crippen molar-refractivity contribution in [3.8, 4) is 0 Å². The van der Waals surface area contributed by atoms with E-state index in [9.17, 15) is 35.9 Å². The number of fused-ring (bicyclic) bond motifs is 1. The van der Waals surface area contributed by atoms with Crippen LogP contribution in [-0.2, 0) is 20.7 Å². The zero-order valence-electron chi connectivity index (χ0n) is 28.9. The van der Waals surface area contributed by atoms with Crippen molar-refractivity contribution in [2.75, 3.05) is 41.0 Å². The van der Waals surface area contributed by atoms with E-state index < -0.39 is 29.3 Å². The van der Waals surface area contributed by atoms with E-state index in [1.807, 2.05) is 13.8 Å².